The van der Waals surface area contributed by atoms with E-state index >= 15 is 0 Å². The largest absolute Gasteiger partial charge is 0.493 e. The van der Waals surface area contributed by atoms with Crippen molar-refractivity contribution in [1.29, 1.82) is 0 Å². The minimum Gasteiger partial charge on any atom is -0.493 e. The minimum absolute atomic E-state index is 0.0161. The van der Waals surface area contributed by atoms with E-state index in [0.717, 1.165) is 76.5 Å². The zero-order valence-electron chi connectivity index (χ0n) is 30.8. The summed E-state index contributed by atoms with van der Waals surface area (Å²) < 4.78 is 65.6. The lowest BCUT2D eigenvalue weighted by molar-refractivity contribution is -0.137. The summed E-state index contributed by atoms with van der Waals surface area (Å²) in [4.78, 5) is 13.2. The van der Waals surface area contributed by atoms with Crippen molar-refractivity contribution < 1.29 is 32.1 Å². The minimum atomic E-state index is -4.61. The van der Waals surface area contributed by atoms with Gasteiger partial charge in [0.05, 0.1) is 41.5 Å². The molecule has 0 unspecified atom stereocenters. The molecule has 1 N–H and O–H groups in total. The van der Waals surface area contributed by atoms with Gasteiger partial charge in [-0.2, -0.15) is 13.2 Å². The van der Waals surface area contributed by atoms with Crippen LogP contribution in [0, 0.1) is 5.92 Å². The lowest BCUT2D eigenvalue weighted by Gasteiger charge is -2.18. The predicted octanol–water partition coefficient (Wildman–Crippen LogP) is 10.5. The van der Waals surface area contributed by atoms with Gasteiger partial charge in [0, 0.05) is 31.3 Å². The van der Waals surface area contributed by atoms with Crippen LogP contribution in [0.2, 0.25) is 5.02 Å². The molecular weight excluding hydrogens is 693 g/mol. The fraction of sp³-hybridized carbons (Fsp3) is 0.525. The number of nitrogens with zero attached hydrogens (tertiary/aromatic N) is 3. The molecule has 0 aliphatic heterocycles. The molecule has 1 fully saturated rings. The second-order valence-corrected chi connectivity index (χ2v) is 13.6. The first-order valence-corrected chi connectivity index (χ1v) is 19.0. The van der Waals surface area contributed by atoms with Crippen LogP contribution in [0.25, 0.3) is 22.4 Å². The number of aromatic nitrogens is 2. The number of benzene rings is 3. The fourth-order valence-electron chi connectivity index (χ4n) is 6.60. The third-order valence-electron chi connectivity index (χ3n) is 9.71. The average molecular weight is 745 g/mol. The van der Waals surface area contributed by atoms with Gasteiger partial charge in [-0.1, -0.05) is 52.1 Å². The van der Waals surface area contributed by atoms with Gasteiger partial charge in [-0.05, 0) is 88.1 Å². The molecule has 52 heavy (non-hydrogen) atoms. The quantitative estimate of drug-likeness (QED) is 0.0904. The number of alkyl halides is 3. The Hall–Kier alpha value is -3.67. The summed E-state index contributed by atoms with van der Waals surface area (Å²) in [5, 5.41) is -0.388. The maximum absolute atomic E-state index is 13.6. The smallest absolute Gasteiger partial charge is 0.417 e. The number of nitrogens with one attached hydrogen (secondary N) is 1. The maximum atomic E-state index is 13.6. The number of aromatic amines is 1. The highest BCUT2D eigenvalue weighted by Gasteiger charge is 2.33. The van der Waals surface area contributed by atoms with Crippen molar-refractivity contribution in [1.82, 2.24) is 19.8 Å². The van der Waals surface area contributed by atoms with Gasteiger partial charge in [0.1, 0.15) is 34.3 Å². The Morgan fingerprint density at radius 1 is 0.769 bits per heavy atom. The molecule has 1 saturated carbocycles. The Kier molecular flexibility index (Phi) is 14.4. The molecule has 0 saturated heterocycles. The van der Waals surface area contributed by atoms with Gasteiger partial charge in [-0.15, -0.1) is 0 Å². The topological polar surface area (TPSA) is 72.1 Å². The van der Waals surface area contributed by atoms with Gasteiger partial charge >= 0.3 is 6.18 Å². The molecule has 0 bridgehead atoms. The number of H-pyrrole nitrogens is 1. The first-order valence-electron chi connectivity index (χ1n) is 18.7. The molecule has 1 aromatic heterocycles. The van der Waals surface area contributed by atoms with Crippen LogP contribution in [0.4, 0.5) is 13.2 Å². The molecule has 0 radical (unpaired) electrons. The highest BCUT2D eigenvalue weighted by molar-refractivity contribution is 6.31. The van der Waals surface area contributed by atoms with Crippen molar-refractivity contribution in [2.45, 2.75) is 72.4 Å². The summed E-state index contributed by atoms with van der Waals surface area (Å²) in [6, 6.07) is 12.6. The third kappa shape index (κ3) is 10.7. The molecule has 0 spiro atoms. The highest BCUT2D eigenvalue weighted by atomic mass is 35.5. The molecule has 0 atom stereocenters. The van der Waals surface area contributed by atoms with Crippen LogP contribution in [0.15, 0.2) is 48.5 Å². The molecule has 1 aliphatic carbocycles. The number of imidazole rings is 1. The summed E-state index contributed by atoms with van der Waals surface area (Å²) in [7, 11) is 0. The van der Waals surface area contributed by atoms with Crippen molar-refractivity contribution in [3.05, 3.63) is 59.1 Å². The SMILES string of the molecule is CCN(CC)CCCOc1cc(OCCCN(CC)CC)c2nc(-c3ccc(Oc4ccc(Cl)c(C(F)(F)F)c4)cc3OCC3CCCC3)[nH]c2c1. The summed E-state index contributed by atoms with van der Waals surface area (Å²) in [5.74, 6) is 3.19. The summed E-state index contributed by atoms with van der Waals surface area (Å²) in [6.07, 6.45) is 1.68. The highest BCUT2D eigenvalue weighted by Crippen LogP contribution is 2.41. The van der Waals surface area contributed by atoms with E-state index in [0.29, 0.717) is 65.6 Å². The normalized spacial score (nSPS) is 13.8. The van der Waals surface area contributed by atoms with E-state index in [9.17, 15) is 13.2 Å². The van der Waals surface area contributed by atoms with Gasteiger partial charge in [0.2, 0.25) is 0 Å². The lowest BCUT2D eigenvalue weighted by Crippen LogP contribution is -2.25. The van der Waals surface area contributed by atoms with Crippen LogP contribution in [0.1, 0.15) is 71.8 Å². The first-order chi connectivity index (χ1) is 25.1. The molecule has 284 valence electrons. The maximum Gasteiger partial charge on any atom is 0.417 e. The average Bonchev–Trinajstić information content (AvgIpc) is 3.82. The molecule has 5 rings (SSSR count). The molecular formula is C40H52ClF3N4O4. The van der Waals surface area contributed by atoms with E-state index < -0.39 is 11.7 Å². The third-order valence-corrected chi connectivity index (χ3v) is 10.0. The Morgan fingerprint density at radius 3 is 2.04 bits per heavy atom. The number of halogens is 4. The van der Waals surface area contributed by atoms with Gasteiger partial charge in [-0.25, -0.2) is 4.98 Å². The van der Waals surface area contributed by atoms with Gasteiger partial charge in [-0.3, -0.25) is 0 Å². The second kappa shape index (κ2) is 18.9. The summed E-state index contributed by atoms with van der Waals surface area (Å²) >= 11 is 5.84. The zero-order valence-corrected chi connectivity index (χ0v) is 31.5. The van der Waals surface area contributed by atoms with Crippen molar-refractivity contribution in [3.8, 4) is 40.1 Å². The Bertz CT molecular complexity index is 1720. The van der Waals surface area contributed by atoms with Crippen LogP contribution in [0.5, 0.6) is 28.7 Å². The lowest BCUT2D eigenvalue weighted by atomic mass is 10.1. The van der Waals surface area contributed by atoms with E-state index in [2.05, 4.69) is 42.5 Å². The van der Waals surface area contributed by atoms with Crippen molar-refractivity contribution in [3.63, 3.8) is 0 Å². The van der Waals surface area contributed by atoms with E-state index in [-0.39, 0.29) is 10.8 Å². The number of ether oxygens (including phenoxy) is 4. The molecule has 0 amide bonds. The van der Waals surface area contributed by atoms with Crippen LogP contribution >= 0.6 is 11.6 Å². The number of fused-ring (bicyclic) bond motifs is 1. The monoisotopic (exact) mass is 744 g/mol. The molecule has 1 heterocycles. The van der Waals surface area contributed by atoms with Crippen molar-refractivity contribution in [2.75, 3.05) is 59.1 Å². The van der Waals surface area contributed by atoms with Gasteiger partial charge < -0.3 is 33.7 Å². The second-order valence-electron chi connectivity index (χ2n) is 13.2. The summed E-state index contributed by atoms with van der Waals surface area (Å²) in [5.41, 5.74) is 1.18. The fourth-order valence-corrected chi connectivity index (χ4v) is 6.82. The molecule has 1 aliphatic rings. The Labute approximate surface area is 310 Å². The van der Waals surface area contributed by atoms with E-state index in [1.165, 1.54) is 25.0 Å². The number of rotatable bonds is 20. The first kappa shape index (κ1) is 39.5. The number of hydrogen-bond donors (Lipinski definition) is 1. The Morgan fingerprint density at radius 2 is 1.38 bits per heavy atom. The van der Waals surface area contributed by atoms with E-state index in [1.807, 2.05) is 18.2 Å². The van der Waals surface area contributed by atoms with Crippen LogP contribution in [-0.2, 0) is 6.18 Å². The summed E-state index contributed by atoms with van der Waals surface area (Å²) in [6.45, 7) is 16.1. The predicted molar refractivity (Wildman–Crippen MR) is 201 cm³/mol. The Balaban J connectivity index is 1.44. The molecule has 12 heteroatoms. The van der Waals surface area contributed by atoms with Crippen molar-refractivity contribution >= 4 is 22.6 Å². The van der Waals surface area contributed by atoms with Crippen molar-refractivity contribution in [2.24, 2.45) is 5.92 Å². The molecule has 4 aromatic rings. The van der Waals surface area contributed by atoms with Crippen LogP contribution in [0.3, 0.4) is 0 Å². The van der Waals surface area contributed by atoms with Gasteiger partial charge in [0.15, 0.2) is 5.75 Å². The van der Waals surface area contributed by atoms with Crippen LogP contribution < -0.4 is 18.9 Å². The molecule has 3 aromatic carbocycles. The van der Waals surface area contributed by atoms with E-state index in [4.69, 9.17) is 35.5 Å². The van der Waals surface area contributed by atoms with Gasteiger partial charge in [0.25, 0.3) is 0 Å². The van der Waals surface area contributed by atoms with Crippen LogP contribution in [-0.4, -0.2) is 78.9 Å². The number of hydrogen-bond acceptors (Lipinski definition) is 7. The van der Waals surface area contributed by atoms with E-state index in [1.54, 1.807) is 12.1 Å². The zero-order chi connectivity index (χ0) is 37.1. The molecule has 8 nitrogen and oxygen atoms in total. The standard InChI is InChI=1S/C40H52ClF3N4O4/c1-5-47(6-2)19-11-21-49-31-24-35-38(37(26-31)50-22-12-20-48(7-3)8-4)46-39(45-35)32-17-15-30(25-36(32)51-27-28-13-9-10-14-28)52-29-16-18-34(41)33(23-29)40(42,43)44/h15-18,23-26,28H,5-14,19-22,27H2,1-4H3,(H,45,46).